The van der Waals surface area contributed by atoms with E-state index in [1.54, 1.807) is 24.2 Å². The third-order valence-electron chi connectivity index (χ3n) is 5.17. The zero-order chi connectivity index (χ0) is 19.2. The minimum atomic E-state index is -0.00345. The third-order valence-corrected chi connectivity index (χ3v) is 6.38. The van der Waals surface area contributed by atoms with Crippen LogP contribution in [0, 0.1) is 0 Å². The van der Waals surface area contributed by atoms with Crippen molar-refractivity contribution in [3.05, 3.63) is 48.3 Å². The molecule has 3 heterocycles. The summed E-state index contributed by atoms with van der Waals surface area (Å²) in [6.07, 6.45) is 8.05. The van der Waals surface area contributed by atoms with E-state index in [2.05, 4.69) is 20.2 Å². The molecule has 1 N–H and O–H groups in total. The van der Waals surface area contributed by atoms with Crippen molar-refractivity contribution in [2.45, 2.75) is 42.7 Å². The van der Waals surface area contributed by atoms with Crippen molar-refractivity contribution < 1.29 is 9.53 Å². The zero-order valence-corrected chi connectivity index (χ0v) is 16.7. The topological polar surface area (TPSA) is 67.4 Å². The van der Waals surface area contributed by atoms with Gasteiger partial charge in [0.15, 0.2) is 0 Å². The number of rotatable bonds is 6. The molecule has 2 aromatic rings. The van der Waals surface area contributed by atoms with Gasteiger partial charge in [-0.05, 0) is 43.9 Å². The van der Waals surface area contributed by atoms with Gasteiger partial charge in [-0.25, -0.2) is 9.97 Å². The van der Waals surface area contributed by atoms with Gasteiger partial charge in [-0.2, -0.15) is 0 Å². The van der Waals surface area contributed by atoms with Crippen molar-refractivity contribution in [1.82, 2.24) is 15.3 Å². The number of carbonyl (C=O) groups is 1. The number of nitrogens with zero attached hydrogens (tertiary/aromatic N) is 3. The normalized spacial score (nSPS) is 22.2. The molecule has 6 nitrogen and oxygen atoms in total. The number of benzene rings is 1. The Hall–Kier alpha value is -2.12. The number of anilines is 1. The van der Waals surface area contributed by atoms with Gasteiger partial charge < -0.3 is 15.0 Å². The van der Waals surface area contributed by atoms with Crippen LogP contribution in [-0.2, 0) is 4.74 Å². The van der Waals surface area contributed by atoms with Crippen LogP contribution >= 0.6 is 11.8 Å². The fourth-order valence-corrected chi connectivity index (χ4v) is 4.85. The predicted octanol–water partition coefficient (Wildman–Crippen LogP) is 3.15. The molecular formula is C21H26N4O2S. The van der Waals surface area contributed by atoms with Crippen molar-refractivity contribution in [2.24, 2.45) is 0 Å². The lowest BCUT2D eigenvalue weighted by Crippen LogP contribution is -2.48. The van der Waals surface area contributed by atoms with Gasteiger partial charge in [-0.1, -0.05) is 12.1 Å². The van der Waals surface area contributed by atoms with Crippen LogP contribution in [0.2, 0.25) is 0 Å². The van der Waals surface area contributed by atoms with Gasteiger partial charge in [0.1, 0.15) is 0 Å². The Morgan fingerprint density at radius 2 is 2.04 bits per heavy atom. The van der Waals surface area contributed by atoms with E-state index in [1.807, 2.05) is 30.3 Å². The first kappa shape index (κ1) is 19.2. The molecule has 4 rings (SSSR count). The Labute approximate surface area is 170 Å². The van der Waals surface area contributed by atoms with E-state index < -0.39 is 0 Å². The van der Waals surface area contributed by atoms with Crippen molar-refractivity contribution in [1.29, 1.82) is 0 Å². The van der Waals surface area contributed by atoms with Crippen LogP contribution < -0.4 is 10.2 Å². The highest BCUT2D eigenvalue weighted by atomic mass is 32.2. The molecule has 2 fully saturated rings. The molecule has 2 aliphatic rings. The summed E-state index contributed by atoms with van der Waals surface area (Å²) in [5.41, 5.74) is 0.749. The standard InChI is InChI=1S/C21H26N4O2S/c26-20(18-8-1-2-9-19(18)28-15-17-7-4-13-27-17)24-16-6-3-12-25(14-16)21-22-10-5-11-23-21/h1-2,5,8-11,16-17H,3-4,6-7,12-15H2,(H,24,26). The van der Waals surface area contributed by atoms with Crippen molar-refractivity contribution >= 4 is 23.6 Å². The molecule has 28 heavy (non-hydrogen) atoms. The molecular weight excluding hydrogens is 372 g/mol. The lowest BCUT2D eigenvalue weighted by atomic mass is 10.1. The fourth-order valence-electron chi connectivity index (χ4n) is 3.73. The lowest BCUT2D eigenvalue weighted by molar-refractivity contribution is 0.0930. The number of hydrogen-bond acceptors (Lipinski definition) is 6. The fraction of sp³-hybridized carbons (Fsp3) is 0.476. The quantitative estimate of drug-likeness (QED) is 0.754. The van der Waals surface area contributed by atoms with Gasteiger partial charge in [0, 0.05) is 48.8 Å². The van der Waals surface area contributed by atoms with Gasteiger partial charge in [-0.3, -0.25) is 4.79 Å². The molecule has 0 aliphatic carbocycles. The lowest BCUT2D eigenvalue weighted by Gasteiger charge is -2.33. The monoisotopic (exact) mass is 398 g/mol. The molecule has 1 amide bonds. The highest BCUT2D eigenvalue weighted by Crippen LogP contribution is 2.27. The van der Waals surface area contributed by atoms with E-state index in [9.17, 15) is 4.79 Å². The first-order chi connectivity index (χ1) is 13.8. The molecule has 1 aromatic heterocycles. The van der Waals surface area contributed by atoms with Crippen LogP contribution in [0.25, 0.3) is 0 Å². The van der Waals surface area contributed by atoms with Crippen LogP contribution in [-0.4, -0.2) is 53.5 Å². The number of hydrogen-bond donors (Lipinski definition) is 1. The van der Waals surface area contributed by atoms with E-state index >= 15 is 0 Å². The average molecular weight is 399 g/mol. The van der Waals surface area contributed by atoms with Gasteiger partial charge in [0.25, 0.3) is 5.91 Å². The first-order valence-electron chi connectivity index (χ1n) is 9.96. The van der Waals surface area contributed by atoms with Crippen LogP contribution in [0.1, 0.15) is 36.0 Å². The summed E-state index contributed by atoms with van der Waals surface area (Å²) in [4.78, 5) is 24.8. The maximum absolute atomic E-state index is 13.0. The summed E-state index contributed by atoms with van der Waals surface area (Å²) in [6.45, 7) is 2.52. The van der Waals surface area contributed by atoms with Gasteiger partial charge in [-0.15, -0.1) is 11.8 Å². The minimum Gasteiger partial charge on any atom is -0.377 e. The summed E-state index contributed by atoms with van der Waals surface area (Å²) in [5.74, 6) is 1.62. The van der Waals surface area contributed by atoms with Crippen LogP contribution in [0.3, 0.4) is 0 Å². The molecule has 2 unspecified atom stereocenters. The Morgan fingerprint density at radius 1 is 1.18 bits per heavy atom. The predicted molar refractivity (Wildman–Crippen MR) is 111 cm³/mol. The van der Waals surface area contributed by atoms with Gasteiger partial charge in [0.05, 0.1) is 11.7 Å². The van der Waals surface area contributed by atoms with Crippen molar-refractivity contribution in [3.8, 4) is 0 Å². The second-order valence-electron chi connectivity index (χ2n) is 7.25. The summed E-state index contributed by atoms with van der Waals surface area (Å²) < 4.78 is 5.71. The molecule has 2 atom stereocenters. The SMILES string of the molecule is O=C(NC1CCCN(c2ncccn2)C1)c1ccccc1SCC1CCCO1. The summed E-state index contributed by atoms with van der Waals surface area (Å²) >= 11 is 1.72. The molecule has 148 valence electrons. The molecule has 0 saturated carbocycles. The first-order valence-corrected chi connectivity index (χ1v) is 10.9. The number of nitrogens with one attached hydrogen (secondary N) is 1. The maximum atomic E-state index is 13.0. The molecule has 1 aromatic carbocycles. The number of aromatic nitrogens is 2. The molecule has 2 aliphatic heterocycles. The van der Waals surface area contributed by atoms with E-state index in [-0.39, 0.29) is 11.9 Å². The molecule has 2 saturated heterocycles. The number of piperidine rings is 1. The van der Waals surface area contributed by atoms with E-state index in [4.69, 9.17) is 4.74 Å². The molecule has 7 heteroatoms. The summed E-state index contributed by atoms with van der Waals surface area (Å²) in [7, 11) is 0. The Morgan fingerprint density at radius 3 is 2.86 bits per heavy atom. The van der Waals surface area contributed by atoms with Crippen LogP contribution in [0.4, 0.5) is 5.95 Å². The Kier molecular flexibility index (Phi) is 6.44. The Balaban J connectivity index is 1.38. The molecule has 0 spiro atoms. The van der Waals surface area contributed by atoms with E-state index in [1.165, 1.54) is 0 Å². The second-order valence-corrected chi connectivity index (χ2v) is 8.31. The smallest absolute Gasteiger partial charge is 0.252 e. The van der Waals surface area contributed by atoms with Crippen molar-refractivity contribution in [2.75, 3.05) is 30.3 Å². The highest BCUT2D eigenvalue weighted by molar-refractivity contribution is 7.99. The van der Waals surface area contributed by atoms with Crippen LogP contribution in [0.15, 0.2) is 47.6 Å². The number of ether oxygens (including phenoxy) is 1. The zero-order valence-electron chi connectivity index (χ0n) is 15.9. The summed E-state index contributed by atoms with van der Waals surface area (Å²) in [5, 5.41) is 3.22. The highest BCUT2D eigenvalue weighted by Gasteiger charge is 2.24. The van der Waals surface area contributed by atoms with Gasteiger partial charge in [0.2, 0.25) is 5.95 Å². The second kappa shape index (κ2) is 9.39. The number of carbonyl (C=O) groups excluding carboxylic acids is 1. The van der Waals surface area contributed by atoms with Crippen molar-refractivity contribution in [3.63, 3.8) is 0 Å². The van der Waals surface area contributed by atoms with E-state index in [0.29, 0.717) is 6.10 Å². The molecule has 0 radical (unpaired) electrons. The largest absolute Gasteiger partial charge is 0.377 e. The summed E-state index contributed by atoms with van der Waals surface area (Å²) in [6, 6.07) is 9.77. The number of thioether (sulfide) groups is 1. The molecule has 0 bridgehead atoms. The Bertz CT molecular complexity index is 783. The average Bonchev–Trinajstić information content (AvgIpc) is 3.27. The third kappa shape index (κ3) is 4.83. The number of amides is 1. The minimum absolute atomic E-state index is 0.00345. The van der Waals surface area contributed by atoms with Crippen LogP contribution in [0.5, 0.6) is 0 Å². The maximum Gasteiger partial charge on any atom is 0.252 e. The van der Waals surface area contributed by atoms with Gasteiger partial charge >= 0.3 is 0 Å². The van der Waals surface area contributed by atoms with E-state index in [0.717, 1.165) is 67.5 Å².